The molecule has 1 aromatic heterocycles. The molecule has 2 heterocycles. The Morgan fingerprint density at radius 2 is 1.96 bits per heavy atom. The summed E-state index contributed by atoms with van der Waals surface area (Å²) in [6.45, 7) is 3.51. The standard InChI is InChI=1S/C19H20N4O3/c1-12-5-4-6-14(9-12)20-17(24)11-23-18(25)16(21-19(23)26)10-15-8-7-13(2)22(15)3/h4-10H,11H2,1-3H3,(H,20,24)(H,21,26)/b16-10-. The quantitative estimate of drug-likeness (QED) is 0.653. The van der Waals surface area contributed by atoms with Crippen LogP contribution in [0.3, 0.4) is 0 Å². The summed E-state index contributed by atoms with van der Waals surface area (Å²) in [4.78, 5) is 37.6. The fourth-order valence-corrected chi connectivity index (χ4v) is 2.71. The lowest BCUT2D eigenvalue weighted by Gasteiger charge is -2.12. The van der Waals surface area contributed by atoms with Gasteiger partial charge in [0.25, 0.3) is 5.91 Å². The summed E-state index contributed by atoms with van der Waals surface area (Å²) < 4.78 is 1.90. The van der Waals surface area contributed by atoms with Crippen molar-refractivity contribution in [3.05, 3.63) is 59.0 Å². The van der Waals surface area contributed by atoms with E-state index < -0.39 is 17.8 Å². The van der Waals surface area contributed by atoms with Gasteiger partial charge in [0.1, 0.15) is 12.2 Å². The average molecular weight is 352 g/mol. The van der Waals surface area contributed by atoms with E-state index in [4.69, 9.17) is 0 Å². The van der Waals surface area contributed by atoms with Crippen LogP contribution in [0, 0.1) is 13.8 Å². The minimum Gasteiger partial charge on any atom is -0.348 e. The fraction of sp³-hybridized carbons (Fsp3) is 0.211. The minimum absolute atomic E-state index is 0.152. The first-order valence-electron chi connectivity index (χ1n) is 8.18. The van der Waals surface area contributed by atoms with Crippen LogP contribution in [-0.4, -0.2) is 33.9 Å². The lowest BCUT2D eigenvalue weighted by Crippen LogP contribution is -2.38. The highest BCUT2D eigenvalue weighted by Gasteiger charge is 2.35. The third kappa shape index (κ3) is 3.51. The first kappa shape index (κ1) is 17.5. The molecule has 1 aliphatic rings. The third-order valence-electron chi connectivity index (χ3n) is 4.27. The van der Waals surface area contributed by atoms with Gasteiger partial charge in [0.05, 0.1) is 0 Å². The van der Waals surface area contributed by atoms with E-state index in [2.05, 4.69) is 10.6 Å². The van der Waals surface area contributed by atoms with Gasteiger partial charge in [-0.15, -0.1) is 0 Å². The van der Waals surface area contributed by atoms with Crippen LogP contribution < -0.4 is 10.6 Å². The van der Waals surface area contributed by atoms with Crippen LogP contribution in [0.2, 0.25) is 0 Å². The van der Waals surface area contributed by atoms with Crippen molar-refractivity contribution < 1.29 is 14.4 Å². The number of carbonyl (C=O) groups is 3. The smallest absolute Gasteiger partial charge is 0.329 e. The number of hydrogen-bond donors (Lipinski definition) is 2. The van der Waals surface area contributed by atoms with Gasteiger partial charge >= 0.3 is 6.03 Å². The van der Waals surface area contributed by atoms with Crippen LogP contribution in [0.5, 0.6) is 0 Å². The Labute approximate surface area is 151 Å². The van der Waals surface area contributed by atoms with Crippen LogP contribution >= 0.6 is 0 Å². The van der Waals surface area contributed by atoms with Crippen molar-refractivity contribution in [1.82, 2.24) is 14.8 Å². The van der Waals surface area contributed by atoms with Crippen molar-refractivity contribution in [3.8, 4) is 0 Å². The Morgan fingerprint density at radius 1 is 1.19 bits per heavy atom. The molecular formula is C19H20N4O3. The third-order valence-corrected chi connectivity index (χ3v) is 4.27. The van der Waals surface area contributed by atoms with E-state index >= 15 is 0 Å². The zero-order valence-corrected chi connectivity index (χ0v) is 14.9. The number of amides is 4. The second kappa shape index (κ2) is 6.87. The summed E-state index contributed by atoms with van der Waals surface area (Å²) in [5.74, 6) is -0.955. The zero-order valence-electron chi connectivity index (χ0n) is 14.9. The SMILES string of the molecule is Cc1cccc(NC(=O)CN2C(=O)N/C(=C\c3ccc(C)n3C)C2=O)c1. The maximum absolute atomic E-state index is 12.5. The molecule has 1 aliphatic heterocycles. The van der Waals surface area contributed by atoms with Gasteiger partial charge in [-0.3, -0.25) is 9.59 Å². The van der Waals surface area contributed by atoms with Gasteiger partial charge in [-0.2, -0.15) is 0 Å². The van der Waals surface area contributed by atoms with Crippen molar-refractivity contribution in [3.63, 3.8) is 0 Å². The molecule has 7 nitrogen and oxygen atoms in total. The molecule has 2 aromatic rings. The van der Waals surface area contributed by atoms with Crippen LogP contribution in [0.15, 0.2) is 42.1 Å². The number of rotatable bonds is 4. The molecule has 0 aliphatic carbocycles. The van der Waals surface area contributed by atoms with E-state index in [1.807, 2.05) is 55.8 Å². The number of imide groups is 1. The Balaban J connectivity index is 1.71. The number of carbonyl (C=O) groups excluding carboxylic acids is 3. The Hall–Kier alpha value is -3.35. The largest absolute Gasteiger partial charge is 0.348 e. The Kier molecular flexibility index (Phi) is 4.62. The topological polar surface area (TPSA) is 83.4 Å². The van der Waals surface area contributed by atoms with E-state index in [0.717, 1.165) is 21.9 Å². The van der Waals surface area contributed by atoms with Gasteiger partial charge < -0.3 is 15.2 Å². The lowest BCUT2D eigenvalue weighted by molar-refractivity contribution is -0.127. The van der Waals surface area contributed by atoms with Crippen molar-refractivity contribution >= 4 is 29.6 Å². The molecule has 26 heavy (non-hydrogen) atoms. The van der Waals surface area contributed by atoms with Gasteiger partial charge in [0.15, 0.2) is 0 Å². The number of urea groups is 1. The molecule has 1 saturated heterocycles. The number of anilines is 1. The maximum Gasteiger partial charge on any atom is 0.329 e. The lowest BCUT2D eigenvalue weighted by atomic mass is 10.2. The van der Waals surface area contributed by atoms with E-state index in [9.17, 15) is 14.4 Å². The number of hydrogen-bond acceptors (Lipinski definition) is 3. The average Bonchev–Trinajstić information content (AvgIpc) is 3.03. The van der Waals surface area contributed by atoms with E-state index in [-0.39, 0.29) is 12.2 Å². The number of aromatic nitrogens is 1. The van der Waals surface area contributed by atoms with Crippen molar-refractivity contribution in [2.75, 3.05) is 11.9 Å². The van der Waals surface area contributed by atoms with E-state index in [1.165, 1.54) is 0 Å². The molecule has 3 rings (SSSR count). The first-order chi connectivity index (χ1) is 12.3. The molecule has 2 N–H and O–H groups in total. The van der Waals surface area contributed by atoms with Gasteiger partial charge in [0, 0.05) is 24.1 Å². The summed E-state index contributed by atoms with van der Waals surface area (Å²) in [5.41, 5.74) is 3.60. The van der Waals surface area contributed by atoms with Crippen LogP contribution in [0.25, 0.3) is 6.08 Å². The summed E-state index contributed by atoms with van der Waals surface area (Å²) in [6, 6.07) is 10.5. The predicted octanol–water partition coefficient (Wildman–Crippen LogP) is 2.17. The summed E-state index contributed by atoms with van der Waals surface area (Å²) in [6.07, 6.45) is 1.60. The number of nitrogens with one attached hydrogen (secondary N) is 2. The Bertz CT molecular complexity index is 927. The molecule has 0 atom stereocenters. The van der Waals surface area contributed by atoms with Crippen molar-refractivity contribution in [2.24, 2.45) is 7.05 Å². The minimum atomic E-state index is -0.605. The summed E-state index contributed by atoms with van der Waals surface area (Å²) in [5, 5.41) is 5.21. The molecular weight excluding hydrogens is 332 g/mol. The summed E-state index contributed by atoms with van der Waals surface area (Å²) >= 11 is 0. The Morgan fingerprint density at radius 3 is 2.62 bits per heavy atom. The number of benzene rings is 1. The van der Waals surface area contributed by atoms with Crippen molar-refractivity contribution in [2.45, 2.75) is 13.8 Å². The van der Waals surface area contributed by atoms with Crippen molar-refractivity contribution in [1.29, 1.82) is 0 Å². The van der Waals surface area contributed by atoms with Crippen LogP contribution in [0.4, 0.5) is 10.5 Å². The highest BCUT2D eigenvalue weighted by Crippen LogP contribution is 2.16. The van der Waals surface area contributed by atoms with Gasteiger partial charge in [-0.25, -0.2) is 9.69 Å². The summed E-state index contributed by atoms with van der Waals surface area (Å²) in [7, 11) is 1.87. The highest BCUT2D eigenvalue weighted by molar-refractivity contribution is 6.15. The normalized spacial score (nSPS) is 15.5. The van der Waals surface area contributed by atoms with E-state index in [1.54, 1.807) is 12.1 Å². The second-order valence-electron chi connectivity index (χ2n) is 6.26. The predicted molar refractivity (Wildman–Crippen MR) is 98.2 cm³/mol. The molecule has 7 heteroatoms. The van der Waals surface area contributed by atoms with Gasteiger partial charge in [0.2, 0.25) is 5.91 Å². The van der Waals surface area contributed by atoms with Crippen LogP contribution in [-0.2, 0) is 16.6 Å². The monoisotopic (exact) mass is 352 g/mol. The fourth-order valence-electron chi connectivity index (χ4n) is 2.71. The molecule has 0 unspecified atom stereocenters. The van der Waals surface area contributed by atoms with Gasteiger partial charge in [-0.05, 0) is 49.8 Å². The molecule has 0 spiro atoms. The maximum atomic E-state index is 12.5. The second-order valence-corrected chi connectivity index (χ2v) is 6.26. The molecule has 4 amide bonds. The van der Waals surface area contributed by atoms with Gasteiger partial charge in [-0.1, -0.05) is 12.1 Å². The number of aryl methyl sites for hydroxylation is 2. The molecule has 1 fully saturated rings. The van der Waals surface area contributed by atoms with Crippen LogP contribution in [0.1, 0.15) is 17.0 Å². The highest BCUT2D eigenvalue weighted by atomic mass is 16.2. The first-order valence-corrected chi connectivity index (χ1v) is 8.18. The molecule has 0 bridgehead atoms. The zero-order chi connectivity index (χ0) is 18.8. The molecule has 1 aromatic carbocycles. The molecule has 134 valence electrons. The molecule has 0 radical (unpaired) electrons. The van der Waals surface area contributed by atoms with E-state index in [0.29, 0.717) is 5.69 Å². The molecule has 0 saturated carbocycles. The number of nitrogens with zero attached hydrogens (tertiary/aromatic N) is 2.